The smallest absolute Gasteiger partial charge is 0.268 e. The molecular weight excluding hydrogens is 477 g/mol. The molecular formula is C22H23Cl2N9O. The third-order valence-electron chi connectivity index (χ3n) is 7.02. The fourth-order valence-corrected chi connectivity index (χ4v) is 6.27. The van der Waals surface area contributed by atoms with Gasteiger partial charge >= 0.3 is 0 Å². The summed E-state index contributed by atoms with van der Waals surface area (Å²) in [6, 6.07) is 4.03. The van der Waals surface area contributed by atoms with Gasteiger partial charge in [0.15, 0.2) is 5.65 Å². The number of carbonyl (C=O) groups excluding carboxylic acids is 1. The molecule has 0 saturated carbocycles. The van der Waals surface area contributed by atoms with Crippen LogP contribution >= 0.6 is 23.2 Å². The van der Waals surface area contributed by atoms with Gasteiger partial charge in [-0.2, -0.15) is 15.2 Å². The summed E-state index contributed by atoms with van der Waals surface area (Å²) in [6.45, 7) is 2.09. The Morgan fingerprint density at radius 3 is 2.56 bits per heavy atom. The minimum atomic E-state index is -0.666. The van der Waals surface area contributed by atoms with Crippen molar-refractivity contribution in [3.05, 3.63) is 28.0 Å². The van der Waals surface area contributed by atoms with Crippen molar-refractivity contribution in [3.8, 4) is 11.3 Å². The molecule has 34 heavy (non-hydrogen) atoms. The summed E-state index contributed by atoms with van der Waals surface area (Å²) in [5, 5.41) is 13.6. The maximum absolute atomic E-state index is 12.6. The van der Waals surface area contributed by atoms with Crippen LogP contribution in [0.3, 0.4) is 0 Å². The van der Waals surface area contributed by atoms with Crippen LogP contribution in [0, 0.1) is 0 Å². The SMILES string of the molecule is Cn1nc2ccc(-c3n[nH]c4nc(N5C6CCC5CC(C)(N)C6)nc(C(N)=O)c34)c(Cl)c2c1Cl. The second-order valence-electron chi connectivity index (χ2n) is 9.62. The van der Waals surface area contributed by atoms with Crippen molar-refractivity contribution in [3.63, 3.8) is 0 Å². The number of aromatic amines is 1. The van der Waals surface area contributed by atoms with Crippen LogP contribution in [0.4, 0.5) is 5.95 Å². The second-order valence-corrected chi connectivity index (χ2v) is 10.4. The van der Waals surface area contributed by atoms with Gasteiger partial charge in [0, 0.05) is 30.2 Å². The summed E-state index contributed by atoms with van der Waals surface area (Å²) < 4.78 is 1.55. The van der Waals surface area contributed by atoms with Gasteiger partial charge < -0.3 is 16.4 Å². The average molecular weight is 500 g/mol. The lowest BCUT2D eigenvalue weighted by molar-refractivity contribution is 0.0997. The largest absolute Gasteiger partial charge is 0.364 e. The molecule has 2 saturated heterocycles. The quantitative estimate of drug-likeness (QED) is 0.392. The number of nitrogens with one attached hydrogen (secondary N) is 1. The zero-order chi connectivity index (χ0) is 23.9. The van der Waals surface area contributed by atoms with E-state index in [1.807, 2.05) is 0 Å². The number of halogens is 2. The predicted molar refractivity (Wildman–Crippen MR) is 131 cm³/mol. The monoisotopic (exact) mass is 499 g/mol. The number of H-pyrrole nitrogens is 1. The highest BCUT2D eigenvalue weighted by Crippen LogP contribution is 2.43. The molecule has 12 heteroatoms. The molecule has 2 unspecified atom stereocenters. The number of hydrogen-bond acceptors (Lipinski definition) is 7. The zero-order valence-electron chi connectivity index (χ0n) is 18.6. The van der Waals surface area contributed by atoms with Gasteiger partial charge in [-0.15, -0.1) is 0 Å². The van der Waals surface area contributed by atoms with Gasteiger partial charge in [0.05, 0.1) is 21.3 Å². The lowest BCUT2D eigenvalue weighted by Gasteiger charge is -2.43. The second kappa shape index (κ2) is 7.27. The first-order chi connectivity index (χ1) is 16.1. The van der Waals surface area contributed by atoms with Crippen molar-refractivity contribution >= 4 is 57.0 Å². The third kappa shape index (κ3) is 3.09. The van der Waals surface area contributed by atoms with Gasteiger partial charge in [-0.05, 0) is 44.7 Å². The van der Waals surface area contributed by atoms with E-state index in [-0.39, 0.29) is 23.3 Å². The lowest BCUT2D eigenvalue weighted by atomic mass is 9.86. The molecule has 1 aromatic carbocycles. The summed E-state index contributed by atoms with van der Waals surface area (Å²) in [7, 11) is 1.74. The van der Waals surface area contributed by atoms with Crippen molar-refractivity contribution in [2.75, 3.05) is 4.90 Å². The highest BCUT2D eigenvalue weighted by Gasteiger charge is 2.46. The maximum Gasteiger partial charge on any atom is 0.268 e. The van der Waals surface area contributed by atoms with Gasteiger partial charge in [-0.3, -0.25) is 14.6 Å². The third-order valence-corrected chi connectivity index (χ3v) is 7.85. The maximum atomic E-state index is 12.6. The summed E-state index contributed by atoms with van der Waals surface area (Å²) in [6.07, 6.45) is 3.71. The number of benzene rings is 1. The first-order valence-corrected chi connectivity index (χ1v) is 11.8. The van der Waals surface area contributed by atoms with E-state index in [2.05, 4.69) is 32.1 Å². The molecule has 0 spiro atoms. The standard InChI is InChI=1S/C22H23Cl2N9O/c1-22(26)7-9-3-4-10(8-22)33(9)21-27-17(19(25)34)14-16(29-30-20(14)28-21)11-5-6-12-13(15(11)23)18(24)32(2)31-12/h5-6,9-10H,3-4,7-8,26H2,1-2H3,(H2,25,34)(H,27,28,29,30). The molecule has 2 atom stereocenters. The van der Waals surface area contributed by atoms with E-state index in [0.29, 0.717) is 49.3 Å². The van der Waals surface area contributed by atoms with Gasteiger partial charge in [0.1, 0.15) is 16.5 Å². The Kier molecular flexibility index (Phi) is 4.61. The molecule has 6 rings (SSSR count). The number of nitrogens with two attached hydrogens (primary N) is 2. The van der Waals surface area contributed by atoms with E-state index in [0.717, 1.165) is 25.7 Å². The minimum Gasteiger partial charge on any atom is -0.364 e. The van der Waals surface area contributed by atoms with Crippen LogP contribution in [-0.4, -0.2) is 53.5 Å². The molecule has 2 bridgehead atoms. The van der Waals surface area contributed by atoms with Crippen LogP contribution in [0.5, 0.6) is 0 Å². The van der Waals surface area contributed by atoms with E-state index in [4.69, 9.17) is 39.7 Å². The van der Waals surface area contributed by atoms with Gasteiger partial charge in [-0.1, -0.05) is 23.2 Å². The average Bonchev–Trinajstić information content (AvgIpc) is 3.40. The summed E-state index contributed by atoms with van der Waals surface area (Å²) in [5.74, 6) is -0.197. The number of amides is 1. The number of hydrogen-bond donors (Lipinski definition) is 3. The fourth-order valence-electron chi connectivity index (χ4n) is 5.65. The Balaban J connectivity index is 1.52. The van der Waals surface area contributed by atoms with E-state index in [1.54, 1.807) is 23.9 Å². The molecule has 2 fully saturated rings. The van der Waals surface area contributed by atoms with Crippen LogP contribution in [0.25, 0.3) is 33.2 Å². The number of anilines is 1. The van der Waals surface area contributed by atoms with Gasteiger partial charge in [0.2, 0.25) is 5.95 Å². The minimum absolute atomic E-state index is 0.0951. The Morgan fingerprint density at radius 1 is 1.18 bits per heavy atom. The lowest BCUT2D eigenvalue weighted by Crippen LogP contribution is -2.54. The number of carbonyl (C=O) groups is 1. The van der Waals surface area contributed by atoms with Gasteiger partial charge in [0.25, 0.3) is 5.91 Å². The van der Waals surface area contributed by atoms with Crippen molar-refractivity contribution in [2.45, 2.75) is 50.2 Å². The normalized spacial score (nSPS) is 24.4. The van der Waals surface area contributed by atoms with Crippen LogP contribution in [-0.2, 0) is 7.05 Å². The van der Waals surface area contributed by atoms with Crippen molar-refractivity contribution in [2.24, 2.45) is 18.5 Å². The Hall–Kier alpha value is -2.95. The Morgan fingerprint density at radius 2 is 1.88 bits per heavy atom. The summed E-state index contributed by atoms with van der Waals surface area (Å²) in [4.78, 5) is 24.1. The van der Waals surface area contributed by atoms with Crippen LogP contribution in [0.15, 0.2) is 12.1 Å². The van der Waals surface area contributed by atoms with Crippen molar-refractivity contribution in [1.82, 2.24) is 29.9 Å². The number of aromatic nitrogens is 6. The molecule has 2 aliphatic heterocycles. The van der Waals surface area contributed by atoms with Crippen LogP contribution in [0.2, 0.25) is 10.2 Å². The number of primary amides is 1. The molecule has 176 valence electrons. The number of nitrogens with zero attached hydrogens (tertiary/aromatic N) is 6. The number of fused-ring (bicyclic) bond motifs is 4. The molecule has 4 aromatic rings. The molecule has 5 heterocycles. The molecule has 0 aliphatic carbocycles. The first kappa shape index (κ1) is 21.6. The fraction of sp³-hybridized carbons (Fsp3) is 0.409. The van der Waals surface area contributed by atoms with E-state index in [1.165, 1.54) is 0 Å². The summed E-state index contributed by atoms with van der Waals surface area (Å²) >= 11 is 13.2. The zero-order valence-corrected chi connectivity index (χ0v) is 20.2. The first-order valence-electron chi connectivity index (χ1n) is 11.1. The highest BCUT2D eigenvalue weighted by molar-refractivity contribution is 6.43. The van der Waals surface area contributed by atoms with Gasteiger partial charge in [-0.25, -0.2) is 4.98 Å². The van der Waals surface area contributed by atoms with E-state index < -0.39 is 5.91 Å². The molecule has 5 N–H and O–H groups in total. The molecule has 1 amide bonds. The Labute approximate surface area is 204 Å². The highest BCUT2D eigenvalue weighted by atomic mass is 35.5. The number of aryl methyl sites for hydroxylation is 1. The molecule has 10 nitrogen and oxygen atoms in total. The molecule has 0 radical (unpaired) electrons. The van der Waals surface area contributed by atoms with E-state index in [9.17, 15) is 4.79 Å². The predicted octanol–water partition coefficient (Wildman–Crippen LogP) is 3.16. The summed E-state index contributed by atoms with van der Waals surface area (Å²) in [5.41, 5.74) is 14.2. The topological polar surface area (TPSA) is 145 Å². The van der Waals surface area contributed by atoms with Crippen LogP contribution < -0.4 is 16.4 Å². The number of rotatable bonds is 3. The number of piperidine rings is 1. The van der Waals surface area contributed by atoms with Crippen molar-refractivity contribution in [1.29, 1.82) is 0 Å². The molecule has 3 aromatic heterocycles. The van der Waals surface area contributed by atoms with Crippen LogP contribution in [0.1, 0.15) is 43.1 Å². The van der Waals surface area contributed by atoms with Crippen molar-refractivity contribution < 1.29 is 4.79 Å². The van der Waals surface area contributed by atoms with E-state index >= 15 is 0 Å². The Bertz CT molecular complexity index is 1480. The molecule has 2 aliphatic rings.